The van der Waals surface area contributed by atoms with Gasteiger partial charge in [-0.3, -0.25) is 33.6 Å². The molecule has 0 aromatic rings. The Kier molecular flexibility index (Phi) is 13.0. The van der Waals surface area contributed by atoms with Crippen molar-refractivity contribution >= 4 is 47.4 Å². The van der Waals surface area contributed by atoms with Crippen LogP contribution in [-0.4, -0.2) is 86.9 Å². The maximum Gasteiger partial charge on any atom is 0.326 e. The van der Waals surface area contributed by atoms with E-state index in [4.69, 9.17) is 27.4 Å². The first-order chi connectivity index (χ1) is 16.1. The molecule has 17 heteroatoms. The number of carbonyl (C=O) groups is 8. The lowest BCUT2D eigenvalue weighted by Gasteiger charge is -2.24. The fraction of sp³-hybridized carbons (Fsp3) is 0.556. The number of carboxylic acids is 3. The van der Waals surface area contributed by atoms with Crippen LogP contribution >= 0.6 is 0 Å². The van der Waals surface area contributed by atoms with Crippen LogP contribution in [0.4, 0.5) is 0 Å². The van der Waals surface area contributed by atoms with Gasteiger partial charge in [0.1, 0.15) is 18.1 Å². The van der Waals surface area contributed by atoms with E-state index in [2.05, 4.69) is 5.32 Å². The average Bonchev–Trinajstić information content (AvgIpc) is 2.71. The molecule has 0 bridgehead atoms. The number of hydrogen-bond acceptors (Lipinski definition) is 9. The van der Waals surface area contributed by atoms with Gasteiger partial charge in [0, 0.05) is 12.8 Å². The molecule has 0 rings (SSSR count). The molecule has 0 saturated carbocycles. The van der Waals surface area contributed by atoms with Crippen LogP contribution < -0.4 is 33.2 Å². The molecule has 0 aliphatic carbocycles. The molecule has 0 heterocycles. The minimum Gasteiger partial charge on any atom is -0.481 e. The van der Waals surface area contributed by atoms with Crippen molar-refractivity contribution in [1.82, 2.24) is 16.0 Å². The molecule has 0 saturated heterocycles. The summed E-state index contributed by atoms with van der Waals surface area (Å²) in [4.78, 5) is 92.5. The van der Waals surface area contributed by atoms with Gasteiger partial charge in [0.25, 0.3) is 0 Å². The van der Waals surface area contributed by atoms with Crippen molar-refractivity contribution in [2.45, 2.75) is 62.7 Å². The summed E-state index contributed by atoms with van der Waals surface area (Å²) in [6.07, 6.45) is -3.55. The third kappa shape index (κ3) is 13.1. The molecule has 0 aromatic heterocycles. The number of carbonyl (C=O) groups excluding carboxylic acids is 5. The Morgan fingerprint density at radius 2 is 1.09 bits per heavy atom. The predicted molar refractivity (Wildman–Crippen MR) is 113 cm³/mol. The predicted octanol–water partition coefficient (Wildman–Crippen LogP) is -4.67. The van der Waals surface area contributed by atoms with Crippen LogP contribution in [0.25, 0.3) is 0 Å². The molecule has 0 aliphatic heterocycles. The first-order valence-corrected chi connectivity index (χ1v) is 10.0. The maximum atomic E-state index is 12.7. The summed E-state index contributed by atoms with van der Waals surface area (Å²) in [6.45, 7) is 0. The van der Waals surface area contributed by atoms with Crippen LogP contribution in [0, 0.1) is 0 Å². The van der Waals surface area contributed by atoms with E-state index in [1.54, 1.807) is 0 Å². The summed E-state index contributed by atoms with van der Waals surface area (Å²) in [7, 11) is 0. The summed E-state index contributed by atoms with van der Waals surface area (Å²) in [5.74, 6) is -9.67. The smallest absolute Gasteiger partial charge is 0.326 e. The van der Waals surface area contributed by atoms with Gasteiger partial charge in [0.05, 0.1) is 18.9 Å². The van der Waals surface area contributed by atoms with Gasteiger partial charge in [-0.15, -0.1) is 0 Å². The zero-order chi connectivity index (χ0) is 27.3. The number of hydrogen-bond donors (Lipinski definition) is 9. The van der Waals surface area contributed by atoms with E-state index in [0.29, 0.717) is 0 Å². The molecule has 4 atom stereocenters. The molecule has 196 valence electrons. The van der Waals surface area contributed by atoms with E-state index in [-0.39, 0.29) is 0 Å². The number of primary amides is 2. The van der Waals surface area contributed by atoms with Crippen LogP contribution in [0.3, 0.4) is 0 Å². The molecule has 35 heavy (non-hydrogen) atoms. The molecule has 4 unspecified atom stereocenters. The minimum absolute atomic E-state index is 0.391. The van der Waals surface area contributed by atoms with Gasteiger partial charge in [0.2, 0.25) is 29.5 Å². The Morgan fingerprint density at radius 3 is 1.54 bits per heavy atom. The minimum atomic E-state index is -1.72. The molecule has 5 amide bonds. The molecule has 0 fully saturated rings. The van der Waals surface area contributed by atoms with Crippen molar-refractivity contribution < 1.29 is 53.7 Å². The van der Waals surface area contributed by atoms with E-state index in [0.717, 1.165) is 0 Å². The van der Waals surface area contributed by atoms with E-state index < -0.39 is 110 Å². The highest BCUT2D eigenvalue weighted by Crippen LogP contribution is 2.05. The molecule has 12 N–H and O–H groups in total. The summed E-state index contributed by atoms with van der Waals surface area (Å²) in [5, 5.41) is 33.0. The molecule has 0 spiro atoms. The second-order valence-corrected chi connectivity index (χ2v) is 7.33. The average molecular weight is 504 g/mol. The highest BCUT2D eigenvalue weighted by atomic mass is 16.4. The quantitative estimate of drug-likeness (QED) is 0.0902. The van der Waals surface area contributed by atoms with Crippen LogP contribution in [0.15, 0.2) is 0 Å². The third-order valence-corrected chi connectivity index (χ3v) is 4.34. The van der Waals surface area contributed by atoms with Gasteiger partial charge in [0.15, 0.2) is 0 Å². The lowest BCUT2D eigenvalue weighted by atomic mass is 10.1. The van der Waals surface area contributed by atoms with Crippen LogP contribution in [0.1, 0.15) is 38.5 Å². The van der Waals surface area contributed by atoms with Crippen LogP contribution in [0.5, 0.6) is 0 Å². The van der Waals surface area contributed by atoms with Crippen molar-refractivity contribution in [2.75, 3.05) is 0 Å². The number of amides is 5. The third-order valence-electron chi connectivity index (χ3n) is 4.34. The standard InChI is InChI=1S/C18H28N6O11/c19-7(5-14(29)30)15(31)24-10(6-12(21)26)17(33)22-8(2-4-13(27)28)16(32)23-9(18(34)35)1-3-11(20)25/h7-10H,1-6,19H2,(H2,20,25)(H2,21,26)(H,22,33)(H,23,32)(H,24,31)(H,27,28)(H,29,30)(H,34,35). The SMILES string of the molecule is NC(=O)CCC(NC(=O)C(CCC(=O)O)NC(=O)C(CC(N)=O)NC(=O)C(N)CC(=O)O)C(=O)O. The number of aliphatic carboxylic acids is 3. The second-order valence-electron chi connectivity index (χ2n) is 7.33. The molecular formula is C18H28N6O11. The van der Waals surface area contributed by atoms with E-state index >= 15 is 0 Å². The number of nitrogens with two attached hydrogens (primary N) is 3. The second kappa shape index (κ2) is 14.8. The normalized spacial score (nSPS) is 13.9. The Hall–Kier alpha value is -4.28. The van der Waals surface area contributed by atoms with Gasteiger partial charge < -0.3 is 48.5 Å². The summed E-state index contributed by atoms with van der Waals surface area (Å²) >= 11 is 0. The van der Waals surface area contributed by atoms with Crippen LogP contribution in [-0.2, 0) is 38.4 Å². The maximum absolute atomic E-state index is 12.7. The number of carboxylic acid groups (broad SMARTS) is 3. The Bertz CT molecular complexity index is 862. The summed E-state index contributed by atoms with van der Waals surface area (Å²) in [5.41, 5.74) is 15.4. The van der Waals surface area contributed by atoms with Gasteiger partial charge in [-0.2, -0.15) is 0 Å². The van der Waals surface area contributed by atoms with E-state index in [1.165, 1.54) is 0 Å². The Morgan fingerprint density at radius 1 is 0.600 bits per heavy atom. The van der Waals surface area contributed by atoms with Crippen molar-refractivity contribution in [3.63, 3.8) is 0 Å². The number of rotatable bonds is 17. The van der Waals surface area contributed by atoms with Crippen molar-refractivity contribution in [1.29, 1.82) is 0 Å². The monoisotopic (exact) mass is 504 g/mol. The van der Waals surface area contributed by atoms with Gasteiger partial charge in [-0.25, -0.2) is 4.79 Å². The summed E-state index contributed by atoms with van der Waals surface area (Å²) < 4.78 is 0. The highest BCUT2D eigenvalue weighted by molar-refractivity contribution is 5.96. The first kappa shape index (κ1) is 30.7. The van der Waals surface area contributed by atoms with Crippen molar-refractivity contribution in [3.05, 3.63) is 0 Å². The van der Waals surface area contributed by atoms with Crippen molar-refractivity contribution in [2.24, 2.45) is 17.2 Å². The lowest BCUT2D eigenvalue weighted by molar-refractivity contribution is -0.143. The Balaban J connectivity index is 5.62. The molecule has 0 aromatic carbocycles. The van der Waals surface area contributed by atoms with Crippen LogP contribution in [0.2, 0.25) is 0 Å². The molecule has 17 nitrogen and oxygen atoms in total. The topological polar surface area (TPSA) is 311 Å². The Labute approximate surface area is 197 Å². The fourth-order valence-electron chi connectivity index (χ4n) is 2.60. The highest BCUT2D eigenvalue weighted by Gasteiger charge is 2.31. The molecule has 0 aliphatic rings. The van der Waals surface area contributed by atoms with Gasteiger partial charge >= 0.3 is 17.9 Å². The molecule has 0 radical (unpaired) electrons. The van der Waals surface area contributed by atoms with Gasteiger partial charge in [-0.05, 0) is 12.8 Å². The van der Waals surface area contributed by atoms with E-state index in [1.807, 2.05) is 10.6 Å². The lowest BCUT2D eigenvalue weighted by Crippen LogP contribution is -2.58. The number of nitrogens with one attached hydrogen (secondary N) is 3. The largest absolute Gasteiger partial charge is 0.481 e. The zero-order valence-electron chi connectivity index (χ0n) is 18.4. The molecular weight excluding hydrogens is 476 g/mol. The summed E-state index contributed by atoms with van der Waals surface area (Å²) in [6, 6.07) is -6.56. The van der Waals surface area contributed by atoms with Crippen molar-refractivity contribution in [3.8, 4) is 0 Å². The first-order valence-electron chi connectivity index (χ1n) is 10.0. The van der Waals surface area contributed by atoms with Gasteiger partial charge in [-0.1, -0.05) is 0 Å². The van der Waals surface area contributed by atoms with E-state index in [9.17, 15) is 43.5 Å². The zero-order valence-corrected chi connectivity index (χ0v) is 18.4. The fourth-order valence-corrected chi connectivity index (χ4v) is 2.60.